The molecule has 0 spiro atoms. The van der Waals surface area contributed by atoms with Crippen molar-refractivity contribution in [2.45, 2.75) is 59.9 Å². The molecular formula is C21H29N3O3. The van der Waals surface area contributed by atoms with Gasteiger partial charge < -0.3 is 10.4 Å². The molecule has 2 rings (SSSR count). The number of aliphatic carboxylic acids is 1. The van der Waals surface area contributed by atoms with E-state index in [1.807, 2.05) is 32.9 Å². The molecule has 2 N–H and O–H groups in total. The molecule has 0 bridgehead atoms. The Hall–Kier alpha value is -2.63. The van der Waals surface area contributed by atoms with Gasteiger partial charge >= 0.3 is 5.97 Å². The molecule has 1 amide bonds. The maximum Gasteiger partial charge on any atom is 0.303 e. The number of carboxylic acids is 1. The minimum Gasteiger partial charge on any atom is -0.481 e. The van der Waals surface area contributed by atoms with Gasteiger partial charge in [-0.05, 0) is 62.9 Å². The number of hydrogen-bond donors (Lipinski definition) is 2. The van der Waals surface area contributed by atoms with Crippen molar-refractivity contribution >= 4 is 11.9 Å². The van der Waals surface area contributed by atoms with Crippen LogP contribution in [0.15, 0.2) is 24.3 Å². The van der Waals surface area contributed by atoms with E-state index in [0.717, 1.165) is 29.1 Å². The van der Waals surface area contributed by atoms with E-state index < -0.39 is 5.97 Å². The van der Waals surface area contributed by atoms with E-state index in [1.165, 1.54) is 0 Å². The monoisotopic (exact) mass is 371 g/mol. The van der Waals surface area contributed by atoms with Gasteiger partial charge in [0.05, 0.1) is 11.4 Å². The van der Waals surface area contributed by atoms with Gasteiger partial charge in [0.1, 0.15) is 0 Å². The molecule has 0 radical (unpaired) electrons. The van der Waals surface area contributed by atoms with Crippen molar-refractivity contribution in [2.24, 2.45) is 5.92 Å². The van der Waals surface area contributed by atoms with Gasteiger partial charge in [-0.25, -0.2) is 4.68 Å². The third-order valence-corrected chi connectivity index (χ3v) is 5.26. The average molecular weight is 371 g/mol. The number of rotatable bonds is 8. The molecule has 2 aromatic rings. The Bertz CT molecular complexity index is 809. The van der Waals surface area contributed by atoms with Crippen molar-refractivity contribution in [3.05, 3.63) is 46.8 Å². The molecular weight excluding hydrogens is 342 g/mol. The lowest BCUT2D eigenvalue weighted by molar-refractivity contribution is -0.136. The zero-order valence-corrected chi connectivity index (χ0v) is 16.7. The summed E-state index contributed by atoms with van der Waals surface area (Å²) >= 11 is 0. The third-order valence-electron chi connectivity index (χ3n) is 5.26. The summed E-state index contributed by atoms with van der Waals surface area (Å²) in [6.45, 7) is 10.1. The number of nitrogens with one attached hydrogen (secondary N) is 1. The van der Waals surface area contributed by atoms with Gasteiger partial charge in [0.25, 0.3) is 5.91 Å². The molecule has 1 aromatic carbocycles. The first-order chi connectivity index (χ1) is 12.7. The van der Waals surface area contributed by atoms with E-state index >= 15 is 0 Å². The maximum atomic E-state index is 12.4. The second-order valence-electron chi connectivity index (χ2n) is 7.15. The number of benzene rings is 1. The van der Waals surface area contributed by atoms with Gasteiger partial charge in [-0.15, -0.1) is 0 Å². The van der Waals surface area contributed by atoms with Crippen LogP contribution in [-0.4, -0.2) is 32.8 Å². The Kier molecular flexibility index (Phi) is 6.77. The number of carbonyl (C=O) groups is 2. The second-order valence-corrected chi connectivity index (χ2v) is 7.15. The van der Waals surface area contributed by atoms with Crippen molar-refractivity contribution in [2.75, 3.05) is 0 Å². The minimum absolute atomic E-state index is 0.0788. The van der Waals surface area contributed by atoms with Crippen LogP contribution in [0.1, 0.15) is 60.9 Å². The Morgan fingerprint density at radius 3 is 2.37 bits per heavy atom. The lowest BCUT2D eigenvalue weighted by atomic mass is 10.0. The molecule has 146 valence electrons. The first kappa shape index (κ1) is 20.7. The Labute approximate surface area is 160 Å². The summed E-state index contributed by atoms with van der Waals surface area (Å²) in [5, 5.41) is 16.5. The Morgan fingerprint density at radius 1 is 1.19 bits per heavy atom. The SMILES string of the molecule is CCC(C)C(C)NC(=O)c1ccc(-n2nc(C)c(CCC(=O)O)c2C)cc1. The lowest BCUT2D eigenvalue weighted by Crippen LogP contribution is -2.36. The van der Waals surface area contributed by atoms with E-state index in [4.69, 9.17) is 5.11 Å². The summed E-state index contributed by atoms with van der Waals surface area (Å²) in [5.74, 6) is -0.472. The largest absolute Gasteiger partial charge is 0.481 e. The molecule has 2 unspecified atom stereocenters. The van der Waals surface area contributed by atoms with Crippen LogP contribution in [0.4, 0.5) is 0 Å². The summed E-state index contributed by atoms with van der Waals surface area (Å²) in [4.78, 5) is 23.3. The Balaban J connectivity index is 2.17. The van der Waals surface area contributed by atoms with Gasteiger partial charge in [-0.1, -0.05) is 20.3 Å². The molecule has 0 aliphatic heterocycles. The molecule has 1 heterocycles. The van der Waals surface area contributed by atoms with E-state index in [-0.39, 0.29) is 18.4 Å². The normalized spacial score (nSPS) is 13.2. The molecule has 0 aliphatic carbocycles. The number of carboxylic acid groups (broad SMARTS) is 1. The van der Waals surface area contributed by atoms with Gasteiger partial charge in [0, 0.05) is 23.7 Å². The number of aromatic nitrogens is 2. The highest BCUT2D eigenvalue weighted by Gasteiger charge is 2.16. The van der Waals surface area contributed by atoms with Crippen molar-refractivity contribution in [3.63, 3.8) is 0 Å². The Morgan fingerprint density at radius 2 is 1.81 bits per heavy atom. The summed E-state index contributed by atoms with van der Waals surface area (Å²) in [7, 11) is 0. The van der Waals surface area contributed by atoms with Crippen LogP contribution in [-0.2, 0) is 11.2 Å². The summed E-state index contributed by atoms with van der Waals surface area (Å²) in [5.41, 5.74) is 4.18. The predicted molar refractivity (Wildman–Crippen MR) is 105 cm³/mol. The minimum atomic E-state index is -0.816. The lowest BCUT2D eigenvalue weighted by Gasteiger charge is -2.19. The van der Waals surface area contributed by atoms with Crippen LogP contribution in [0.2, 0.25) is 0 Å². The van der Waals surface area contributed by atoms with E-state index in [0.29, 0.717) is 17.9 Å². The predicted octanol–water partition coefficient (Wildman–Crippen LogP) is 3.67. The molecule has 27 heavy (non-hydrogen) atoms. The average Bonchev–Trinajstić information content (AvgIpc) is 2.93. The van der Waals surface area contributed by atoms with Crippen molar-refractivity contribution in [1.29, 1.82) is 0 Å². The standard InChI is InChI=1S/C21H29N3O3/c1-6-13(2)14(3)22-21(27)17-7-9-18(10-8-17)24-16(5)19(15(4)23-24)11-12-20(25)26/h7-10,13-14H,6,11-12H2,1-5H3,(H,22,27)(H,25,26). The fourth-order valence-electron chi connectivity index (χ4n) is 3.06. The van der Waals surface area contributed by atoms with Crippen LogP contribution < -0.4 is 5.32 Å². The number of carbonyl (C=O) groups excluding carboxylic acids is 1. The highest BCUT2D eigenvalue weighted by atomic mass is 16.4. The fraction of sp³-hybridized carbons (Fsp3) is 0.476. The van der Waals surface area contributed by atoms with Crippen molar-refractivity contribution in [3.8, 4) is 5.69 Å². The van der Waals surface area contributed by atoms with Crippen LogP contribution in [0.3, 0.4) is 0 Å². The van der Waals surface area contributed by atoms with Gasteiger partial charge in [0.15, 0.2) is 0 Å². The molecule has 1 aromatic heterocycles. The van der Waals surface area contributed by atoms with Crippen LogP contribution in [0, 0.1) is 19.8 Å². The van der Waals surface area contributed by atoms with Crippen LogP contribution in [0.5, 0.6) is 0 Å². The van der Waals surface area contributed by atoms with Gasteiger partial charge in [-0.3, -0.25) is 9.59 Å². The topological polar surface area (TPSA) is 84.2 Å². The first-order valence-corrected chi connectivity index (χ1v) is 9.42. The molecule has 2 atom stereocenters. The van der Waals surface area contributed by atoms with Crippen LogP contribution in [0.25, 0.3) is 5.69 Å². The van der Waals surface area contributed by atoms with Gasteiger partial charge in [0.2, 0.25) is 0 Å². The van der Waals surface area contributed by atoms with E-state index in [9.17, 15) is 9.59 Å². The summed E-state index contributed by atoms with van der Waals surface area (Å²) in [6.07, 6.45) is 1.56. The number of aryl methyl sites for hydroxylation is 1. The molecule has 0 saturated carbocycles. The van der Waals surface area contributed by atoms with E-state index in [2.05, 4.69) is 24.3 Å². The fourth-order valence-corrected chi connectivity index (χ4v) is 3.06. The van der Waals surface area contributed by atoms with E-state index in [1.54, 1.807) is 16.8 Å². The third kappa shape index (κ3) is 4.96. The zero-order valence-electron chi connectivity index (χ0n) is 16.7. The smallest absolute Gasteiger partial charge is 0.303 e. The second kappa shape index (κ2) is 8.84. The molecule has 0 fully saturated rings. The highest BCUT2D eigenvalue weighted by molar-refractivity contribution is 5.94. The van der Waals surface area contributed by atoms with Crippen LogP contribution >= 0.6 is 0 Å². The zero-order chi connectivity index (χ0) is 20.1. The first-order valence-electron chi connectivity index (χ1n) is 9.42. The molecule has 6 heteroatoms. The summed E-state index contributed by atoms with van der Waals surface area (Å²) in [6, 6.07) is 7.44. The van der Waals surface area contributed by atoms with Crippen molar-refractivity contribution in [1.82, 2.24) is 15.1 Å². The van der Waals surface area contributed by atoms with Gasteiger partial charge in [-0.2, -0.15) is 5.10 Å². The molecule has 0 saturated heterocycles. The number of hydrogen-bond acceptors (Lipinski definition) is 3. The molecule has 6 nitrogen and oxygen atoms in total. The number of amides is 1. The van der Waals surface area contributed by atoms with Crippen molar-refractivity contribution < 1.29 is 14.7 Å². The maximum absolute atomic E-state index is 12.4. The quantitative estimate of drug-likeness (QED) is 0.741. The number of nitrogens with zero attached hydrogens (tertiary/aromatic N) is 2. The summed E-state index contributed by atoms with van der Waals surface area (Å²) < 4.78 is 1.80. The highest BCUT2D eigenvalue weighted by Crippen LogP contribution is 2.20. The molecule has 0 aliphatic rings.